The summed E-state index contributed by atoms with van der Waals surface area (Å²) in [5.74, 6) is -4.09. The van der Waals surface area contributed by atoms with Crippen LogP contribution in [0.2, 0.25) is 0 Å². The van der Waals surface area contributed by atoms with Crippen LogP contribution >= 0.6 is 0 Å². The normalized spacial score (nSPS) is 14.3. The highest BCUT2D eigenvalue weighted by molar-refractivity contribution is 5.91. The van der Waals surface area contributed by atoms with Crippen LogP contribution in [0.25, 0.3) is 0 Å². The van der Waals surface area contributed by atoms with E-state index in [0.29, 0.717) is 0 Å². The number of benzene rings is 1. The van der Waals surface area contributed by atoms with Gasteiger partial charge in [-0.3, -0.25) is 0 Å². The first-order chi connectivity index (χ1) is 9.71. The molecule has 1 aromatic rings. The summed E-state index contributed by atoms with van der Waals surface area (Å²) in [6, 6.07) is 7.39. The van der Waals surface area contributed by atoms with Crippen LogP contribution in [0.1, 0.15) is 12.5 Å². The summed E-state index contributed by atoms with van der Waals surface area (Å²) in [5.41, 5.74) is 6.20. The van der Waals surface area contributed by atoms with Crippen LogP contribution in [0.15, 0.2) is 30.3 Å². The van der Waals surface area contributed by atoms with Crippen LogP contribution in [0, 0.1) is 0 Å². The van der Waals surface area contributed by atoms with Gasteiger partial charge in [-0.2, -0.15) is 13.2 Å². The molecule has 1 aromatic carbocycles. The fourth-order valence-corrected chi connectivity index (χ4v) is 1.31. The number of esters is 2. The molecule has 2 N–H and O–H groups in total. The SMILES string of the molecule is C[C@@H](OCc1ccccc1)[C@H](N)C(=O)OC(=O)C(F)(F)F. The van der Waals surface area contributed by atoms with Gasteiger partial charge < -0.3 is 15.2 Å². The van der Waals surface area contributed by atoms with Crippen LogP contribution in [0.3, 0.4) is 0 Å². The Bertz CT molecular complexity index is 490. The third-order valence-corrected chi connectivity index (χ3v) is 2.56. The second-order valence-electron chi connectivity index (χ2n) is 4.23. The smallest absolute Gasteiger partial charge is 0.385 e. The summed E-state index contributed by atoms with van der Waals surface area (Å²) in [6.45, 7) is 1.52. The van der Waals surface area contributed by atoms with Gasteiger partial charge >= 0.3 is 18.1 Å². The van der Waals surface area contributed by atoms with E-state index in [0.717, 1.165) is 5.56 Å². The average Bonchev–Trinajstić information content (AvgIpc) is 2.43. The van der Waals surface area contributed by atoms with Crippen LogP contribution in [0.5, 0.6) is 0 Å². The van der Waals surface area contributed by atoms with Crippen molar-refractivity contribution in [2.24, 2.45) is 5.73 Å². The molecule has 5 nitrogen and oxygen atoms in total. The molecule has 0 aromatic heterocycles. The van der Waals surface area contributed by atoms with Crippen molar-refractivity contribution in [3.05, 3.63) is 35.9 Å². The number of halogens is 3. The molecule has 0 heterocycles. The number of nitrogens with two attached hydrogens (primary N) is 1. The molecule has 0 unspecified atom stereocenters. The lowest BCUT2D eigenvalue weighted by atomic mass is 10.2. The van der Waals surface area contributed by atoms with Gasteiger partial charge in [0.2, 0.25) is 0 Å². The molecule has 0 saturated heterocycles. The number of ether oxygens (including phenoxy) is 2. The minimum absolute atomic E-state index is 0.121. The van der Waals surface area contributed by atoms with Gasteiger partial charge in [0.25, 0.3) is 0 Å². The van der Waals surface area contributed by atoms with Crippen LogP contribution in [-0.4, -0.2) is 30.3 Å². The maximum absolute atomic E-state index is 11.9. The van der Waals surface area contributed by atoms with Gasteiger partial charge in [-0.15, -0.1) is 0 Å². The lowest BCUT2D eigenvalue weighted by molar-refractivity contribution is -0.203. The van der Waals surface area contributed by atoms with Crippen molar-refractivity contribution in [3.8, 4) is 0 Å². The topological polar surface area (TPSA) is 78.6 Å². The maximum atomic E-state index is 11.9. The van der Waals surface area contributed by atoms with Crippen molar-refractivity contribution in [2.75, 3.05) is 0 Å². The van der Waals surface area contributed by atoms with Gasteiger partial charge in [-0.25, -0.2) is 9.59 Å². The number of carbonyl (C=O) groups is 2. The van der Waals surface area contributed by atoms with Gasteiger partial charge in [-0.05, 0) is 12.5 Å². The minimum Gasteiger partial charge on any atom is -0.385 e. The van der Waals surface area contributed by atoms with Crippen molar-refractivity contribution in [1.82, 2.24) is 0 Å². The Labute approximate surface area is 118 Å². The molecule has 0 saturated carbocycles. The molecule has 116 valence electrons. The Morgan fingerprint density at radius 1 is 1.24 bits per heavy atom. The average molecular weight is 305 g/mol. The summed E-state index contributed by atoms with van der Waals surface area (Å²) < 4.78 is 44.7. The number of hydrogen-bond donors (Lipinski definition) is 1. The Morgan fingerprint density at radius 2 is 1.81 bits per heavy atom. The first kappa shape index (κ1) is 17.1. The Balaban J connectivity index is 2.48. The molecule has 0 radical (unpaired) electrons. The van der Waals surface area contributed by atoms with Gasteiger partial charge in [-0.1, -0.05) is 30.3 Å². The van der Waals surface area contributed by atoms with E-state index < -0.39 is 30.3 Å². The molecule has 0 aliphatic heterocycles. The molecule has 8 heteroatoms. The van der Waals surface area contributed by atoms with E-state index in [1.54, 1.807) is 30.3 Å². The van der Waals surface area contributed by atoms with Gasteiger partial charge in [0.05, 0.1) is 12.7 Å². The summed E-state index contributed by atoms with van der Waals surface area (Å²) in [5, 5.41) is 0. The largest absolute Gasteiger partial charge is 0.491 e. The monoisotopic (exact) mass is 305 g/mol. The minimum atomic E-state index is -5.25. The van der Waals surface area contributed by atoms with E-state index >= 15 is 0 Å². The van der Waals surface area contributed by atoms with Crippen molar-refractivity contribution in [3.63, 3.8) is 0 Å². The lowest BCUT2D eigenvalue weighted by Gasteiger charge is -2.19. The zero-order chi connectivity index (χ0) is 16.0. The molecular weight excluding hydrogens is 291 g/mol. The number of carbonyl (C=O) groups excluding carboxylic acids is 2. The highest BCUT2D eigenvalue weighted by Crippen LogP contribution is 2.17. The highest BCUT2D eigenvalue weighted by Gasteiger charge is 2.43. The quantitative estimate of drug-likeness (QED) is 0.659. The van der Waals surface area contributed by atoms with Crippen LogP contribution in [-0.2, 0) is 25.7 Å². The molecular formula is C13H14F3NO4. The molecule has 0 amide bonds. The molecule has 21 heavy (non-hydrogen) atoms. The van der Waals surface area contributed by atoms with E-state index in [9.17, 15) is 22.8 Å². The van der Waals surface area contributed by atoms with Crippen LogP contribution < -0.4 is 5.73 Å². The maximum Gasteiger partial charge on any atom is 0.491 e. The third kappa shape index (κ3) is 5.52. The fraction of sp³-hybridized carbons (Fsp3) is 0.385. The standard InChI is InChI=1S/C13H14F3NO4/c1-8(20-7-9-5-3-2-4-6-9)10(17)11(18)21-12(19)13(14,15)16/h2-6,8,10H,7,17H2,1H3/t8-,10+/m1/s1. The Kier molecular flexibility index (Phi) is 5.86. The van der Waals surface area contributed by atoms with Gasteiger partial charge in [0, 0.05) is 0 Å². The summed E-state index contributed by atoms with van der Waals surface area (Å²) in [7, 11) is 0. The Hall–Kier alpha value is -1.93. The summed E-state index contributed by atoms with van der Waals surface area (Å²) in [6.07, 6.45) is -6.16. The van der Waals surface area contributed by atoms with Crippen molar-refractivity contribution in [2.45, 2.75) is 31.9 Å². The molecule has 0 bridgehead atoms. The number of rotatable bonds is 5. The molecule has 0 fully saturated rings. The van der Waals surface area contributed by atoms with Gasteiger partial charge in [0.15, 0.2) is 0 Å². The molecule has 0 aliphatic carbocycles. The van der Waals surface area contributed by atoms with E-state index in [4.69, 9.17) is 10.5 Å². The van der Waals surface area contributed by atoms with E-state index in [1.165, 1.54) is 6.92 Å². The number of hydrogen-bond acceptors (Lipinski definition) is 5. The van der Waals surface area contributed by atoms with Crippen LogP contribution in [0.4, 0.5) is 13.2 Å². The van der Waals surface area contributed by atoms with Crippen molar-refractivity contribution in [1.29, 1.82) is 0 Å². The molecule has 0 spiro atoms. The van der Waals surface area contributed by atoms with Crippen molar-refractivity contribution < 1.29 is 32.2 Å². The first-order valence-corrected chi connectivity index (χ1v) is 5.95. The zero-order valence-electron chi connectivity index (χ0n) is 11.1. The zero-order valence-corrected chi connectivity index (χ0v) is 11.1. The predicted octanol–water partition coefficient (Wildman–Crippen LogP) is 1.55. The first-order valence-electron chi connectivity index (χ1n) is 5.95. The highest BCUT2D eigenvalue weighted by atomic mass is 19.4. The molecule has 0 aliphatic rings. The van der Waals surface area contributed by atoms with E-state index in [-0.39, 0.29) is 6.61 Å². The molecule has 1 rings (SSSR count). The molecule has 2 atom stereocenters. The summed E-state index contributed by atoms with van der Waals surface area (Å²) >= 11 is 0. The van der Waals surface area contributed by atoms with Crippen molar-refractivity contribution >= 4 is 11.9 Å². The Morgan fingerprint density at radius 3 is 2.33 bits per heavy atom. The second-order valence-corrected chi connectivity index (χ2v) is 4.23. The lowest BCUT2D eigenvalue weighted by Crippen LogP contribution is -2.45. The van der Waals surface area contributed by atoms with E-state index in [1.807, 2.05) is 0 Å². The van der Waals surface area contributed by atoms with E-state index in [2.05, 4.69) is 4.74 Å². The fourth-order valence-electron chi connectivity index (χ4n) is 1.31. The predicted molar refractivity (Wildman–Crippen MR) is 65.8 cm³/mol. The van der Waals surface area contributed by atoms with Gasteiger partial charge in [0.1, 0.15) is 6.04 Å². The summed E-state index contributed by atoms with van der Waals surface area (Å²) in [4.78, 5) is 21.8. The third-order valence-electron chi connectivity index (χ3n) is 2.56. The second kappa shape index (κ2) is 7.19. The number of alkyl halides is 3.